The van der Waals surface area contributed by atoms with E-state index in [1.54, 1.807) is 69.3 Å². The molecule has 0 saturated carbocycles. The number of carbonyl (C=O) groups is 2. The van der Waals surface area contributed by atoms with Crippen molar-refractivity contribution in [3.05, 3.63) is 88.9 Å². The fourth-order valence-corrected chi connectivity index (χ4v) is 7.01. The van der Waals surface area contributed by atoms with E-state index in [9.17, 15) is 31.2 Å². The van der Waals surface area contributed by atoms with Crippen LogP contribution in [-0.4, -0.2) is 85.3 Å². The van der Waals surface area contributed by atoms with Crippen molar-refractivity contribution < 1.29 is 40.7 Å². The lowest BCUT2D eigenvalue weighted by Crippen LogP contribution is -2.52. The van der Waals surface area contributed by atoms with Crippen LogP contribution in [0.3, 0.4) is 0 Å². The highest BCUT2D eigenvalue weighted by atomic mass is 35.5. The van der Waals surface area contributed by atoms with E-state index in [0.717, 1.165) is 12.1 Å². The van der Waals surface area contributed by atoms with Crippen LogP contribution in [0.1, 0.15) is 37.9 Å². The number of hydrogen-bond donors (Lipinski definition) is 0. The van der Waals surface area contributed by atoms with E-state index >= 15 is 0 Å². The molecule has 1 atom stereocenters. The summed E-state index contributed by atoms with van der Waals surface area (Å²) in [5.74, 6) is 0.588. The number of piperazine rings is 1. The third-order valence-corrected chi connectivity index (χ3v) is 9.95. The molecule has 2 aliphatic rings. The van der Waals surface area contributed by atoms with Gasteiger partial charge in [0.05, 0.1) is 17.4 Å². The molecule has 0 bridgehead atoms. The van der Waals surface area contributed by atoms with Crippen LogP contribution < -0.4 is 9.64 Å². The molecule has 258 valence electrons. The lowest BCUT2D eigenvalue weighted by atomic mass is 10.0. The van der Waals surface area contributed by atoms with Gasteiger partial charge >= 0.3 is 18.3 Å². The summed E-state index contributed by atoms with van der Waals surface area (Å²) in [4.78, 5) is 30.4. The average molecular weight is 709 g/mol. The fourth-order valence-electron chi connectivity index (χ4n) is 5.45. The first-order valence-electron chi connectivity index (χ1n) is 15.2. The number of alkyl halides is 3. The zero-order chi connectivity index (χ0) is 34.9. The number of benzene rings is 3. The zero-order valence-electron chi connectivity index (χ0n) is 26.6. The number of rotatable bonds is 8. The van der Waals surface area contributed by atoms with Gasteiger partial charge in [0.2, 0.25) is 10.0 Å². The van der Waals surface area contributed by atoms with Gasteiger partial charge in [-0.25, -0.2) is 18.0 Å². The molecule has 0 aromatic heterocycles. The molecule has 0 spiro atoms. The summed E-state index contributed by atoms with van der Waals surface area (Å²) < 4.78 is 80.0. The molecule has 0 unspecified atom stereocenters. The Balaban J connectivity index is 1.31. The molecule has 3 aromatic carbocycles. The van der Waals surface area contributed by atoms with Crippen molar-refractivity contribution in [2.45, 2.75) is 38.6 Å². The van der Waals surface area contributed by atoms with Gasteiger partial charge in [0.25, 0.3) is 0 Å². The maximum atomic E-state index is 13.8. The van der Waals surface area contributed by atoms with Crippen LogP contribution in [0.2, 0.25) is 5.02 Å². The second kappa shape index (κ2) is 13.8. The Morgan fingerprint density at radius 3 is 2.10 bits per heavy atom. The van der Waals surface area contributed by atoms with E-state index in [1.165, 1.54) is 31.1 Å². The number of sulfonamides is 1. The van der Waals surface area contributed by atoms with Crippen molar-refractivity contribution in [3.63, 3.8) is 0 Å². The fraction of sp³-hybridized carbons (Fsp3) is 0.394. The van der Waals surface area contributed by atoms with Crippen molar-refractivity contribution in [3.8, 4) is 11.5 Å². The number of hydrogen-bond acceptors (Lipinski definition) is 6. The Hall–Kier alpha value is -4.01. The summed E-state index contributed by atoms with van der Waals surface area (Å²) in [7, 11) is -3.84. The SMILES string of the molecule is CC(C)(C)OC(=O)N1CCN(S(=O)(=O)CCN2C[C@H](c3cccc(C(F)(F)F)c3)N(c3ccc(Oc4ccc(Cl)cc4)cc3)C2=O)CC1. The number of urea groups is 1. The molecule has 0 radical (unpaired) electrons. The van der Waals surface area contributed by atoms with Crippen LogP contribution in [0.15, 0.2) is 72.8 Å². The quantitative estimate of drug-likeness (QED) is 0.250. The molecule has 0 aliphatic carbocycles. The minimum atomic E-state index is -4.59. The summed E-state index contributed by atoms with van der Waals surface area (Å²) in [5.41, 5.74) is -0.890. The second-order valence-electron chi connectivity index (χ2n) is 12.5. The molecule has 48 heavy (non-hydrogen) atoms. The number of anilines is 1. The highest BCUT2D eigenvalue weighted by Gasteiger charge is 2.41. The van der Waals surface area contributed by atoms with Crippen LogP contribution in [0.5, 0.6) is 11.5 Å². The van der Waals surface area contributed by atoms with Crippen LogP contribution in [-0.2, 0) is 20.9 Å². The third-order valence-electron chi connectivity index (χ3n) is 7.85. The first-order chi connectivity index (χ1) is 22.5. The van der Waals surface area contributed by atoms with Gasteiger partial charge in [-0.3, -0.25) is 4.90 Å². The molecule has 5 rings (SSSR count). The first-order valence-corrected chi connectivity index (χ1v) is 17.2. The highest BCUT2D eigenvalue weighted by Crippen LogP contribution is 2.38. The van der Waals surface area contributed by atoms with E-state index in [0.29, 0.717) is 22.2 Å². The normalized spacial score (nSPS) is 17.9. The summed E-state index contributed by atoms with van der Waals surface area (Å²) in [6.45, 7) is 5.46. The van der Waals surface area contributed by atoms with Crippen LogP contribution in [0, 0.1) is 0 Å². The Labute approximate surface area is 282 Å². The monoisotopic (exact) mass is 708 g/mol. The highest BCUT2D eigenvalue weighted by molar-refractivity contribution is 7.89. The predicted octanol–water partition coefficient (Wildman–Crippen LogP) is 7.02. The topological polar surface area (TPSA) is 99.7 Å². The Kier molecular flexibility index (Phi) is 10.2. The van der Waals surface area contributed by atoms with Crippen LogP contribution in [0.25, 0.3) is 0 Å². The summed E-state index contributed by atoms with van der Waals surface area (Å²) in [6, 6.07) is 16.6. The third kappa shape index (κ3) is 8.52. The molecule has 2 heterocycles. The molecular weight excluding hydrogens is 673 g/mol. The van der Waals surface area contributed by atoms with Gasteiger partial charge in [-0.1, -0.05) is 23.7 Å². The Bertz CT molecular complexity index is 1730. The molecule has 2 fully saturated rings. The molecule has 10 nitrogen and oxygen atoms in total. The van der Waals surface area contributed by atoms with Crippen LogP contribution >= 0.6 is 11.6 Å². The molecule has 3 amide bonds. The maximum absolute atomic E-state index is 13.8. The molecular formula is C33H36ClF3N4O6S. The molecule has 3 aromatic rings. The average Bonchev–Trinajstić information content (AvgIpc) is 3.36. The maximum Gasteiger partial charge on any atom is 0.416 e. The van der Waals surface area contributed by atoms with E-state index in [1.807, 2.05) is 0 Å². The number of carbonyl (C=O) groups excluding carboxylic acids is 2. The van der Waals surface area contributed by atoms with Gasteiger partial charge in [-0.2, -0.15) is 17.5 Å². The minimum absolute atomic E-state index is 0.0366. The van der Waals surface area contributed by atoms with Gasteiger partial charge in [0.15, 0.2) is 0 Å². The first kappa shape index (κ1) is 35.3. The summed E-state index contributed by atoms with van der Waals surface area (Å²) in [5, 5.41) is 0.545. The number of nitrogens with zero attached hydrogens (tertiary/aromatic N) is 4. The van der Waals surface area contributed by atoms with E-state index in [2.05, 4.69) is 0 Å². The van der Waals surface area contributed by atoms with Gasteiger partial charge in [-0.15, -0.1) is 0 Å². The summed E-state index contributed by atoms with van der Waals surface area (Å²) >= 11 is 5.94. The number of amides is 3. The minimum Gasteiger partial charge on any atom is -0.457 e. The van der Waals surface area contributed by atoms with Crippen molar-refractivity contribution in [2.24, 2.45) is 0 Å². The van der Waals surface area contributed by atoms with Crippen molar-refractivity contribution in [1.29, 1.82) is 0 Å². The number of ether oxygens (including phenoxy) is 2. The van der Waals surface area contributed by atoms with Crippen LogP contribution in [0.4, 0.5) is 28.4 Å². The standard InChI is InChI=1S/C33H36ClF3N4O6S/c1-32(2,3)47-31(43)38-15-17-40(18-16-38)48(44,45)20-19-39-22-29(23-5-4-6-24(21-23)33(35,36)37)41(30(39)42)26-9-13-28(14-10-26)46-27-11-7-25(34)8-12-27/h4-14,21,29H,15-20,22H2,1-3H3/t29-/m1/s1. The largest absolute Gasteiger partial charge is 0.457 e. The summed E-state index contributed by atoms with van der Waals surface area (Å²) in [6.07, 6.45) is -5.11. The smallest absolute Gasteiger partial charge is 0.416 e. The lowest BCUT2D eigenvalue weighted by molar-refractivity contribution is -0.137. The molecule has 0 N–H and O–H groups in total. The lowest BCUT2D eigenvalue weighted by Gasteiger charge is -2.35. The zero-order valence-corrected chi connectivity index (χ0v) is 28.2. The van der Waals surface area contributed by atoms with Gasteiger partial charge in [-0.05, 0) is 87.0 Å². The van der Waals surface area contributed by atoms with Gasteiger partial charge in [0.1, 0.15) is 17.1 Å². The predicted molar refractivity (Wildman–Crippen MR) is 175 cm³/mol. The Morgan fingerprint density at radius 1 is 0.917 bits per heavy atom. The molecule has 2 aliphatic heterocycles. The van der Waals surface area contributed by atoms with E-state index in [4.69, 9.17) is 21.1 Å². The van der Waals surface area contributed by atoms with E-state index < -0.39 is 51.3 Å². The number of halogens is 4. The Morgan fingerprint density at radius 2 is 1.52 bits per heavy atom. The van der Waals surface area contributed by atoms with Crippen molar-refractivity contribution in [1.82, 2.24) is 14.1 Å². The molecule has 15 heteroatoms. The van der Waals surface area contributed by atoms with Gasteiger partial charge < -0.3 is 19.3 Å². The second-order valence-corrected chi connectivity index (χ2v) is 15.0. The van der Waals surface area contributed by atoms with Crippen molar-refractivity contribution >= 4 is 39.4 Å². The molecule has 2 saturated heterocycles. The van der Waals surface area contributed by atoms with E-state index in [-0.39, 0.29) is 44.8 Å². The van der Waals surface area contributed by atoms with Gasteiger partial charge in [0, 0.05) is 50.0 Å². The van der Waals surface area contributed by atoms with Crippen molar-refractivity contribution in [2.75, 3.05) is 49.9 Å².